The number of rotatable bonds is 2. The molecule has 1 unspecified atom stereocenters. The molecule has 0 aliphatic heterocycles. The van der Waals surface area contributed by atoms with Crippen LogP contribution in [0, 0.1) is 6.92 Å². The number of nitrogens with two attached hydrogens (primary N) is 2. The van der Waals surface area contributed by atoms with Crippen molar-refractivity contribution >= 4 is 23.0 Å². The van der Waals surface area contributed by atoms with Gasteiger partial charge in [0.1, 0.15) is 0 Å². The minimum Gasteiger partial charge on any atom is -0.369 e. The van der Waals surface area contributed by atoms with E-state index in [4.69, 9.17) is 11.5 Å². The van der Waals surface area contributed by atoms with Gasteiger partial charge >= 0.3 is 0 Å². The Balaban J connectivity index is 2.06. The SMILES string of the molecule is Cc1ccnc2c1C(=NN=C(N)N)CC(c1cccs1)C2. The summed E-state index contributed by atoms with van der Waals surface area (Å²) in [5, 5.41) is 10.2. The van der Waals surface area contributed by atoms with E-state index in [0.29, 0.717) is 5.92 Å². The van der Waals surface area contributed by atoms with E-state index in [2.05, 4.69) is 39.6 Å². The summed E-state index contributed by atoms with van der Waals surface area (Å²) in [6, 6.07) is 6.23. The van der Waals surface area contributed by atoms with Gasteiger partial charge in [-0.1, -0.05) is 6.07 Å². The van der Waals surface area contributed by atoms with Crippen molar-refractivity contribution in [2.24, 2.45) is 21.7 Å². The molecule has 1 aliphatic rings. The summed E-state index contributed by atoms with van der Waals surface area (Å²) in [6.07, 6.45) is 3.61. The summed E-state index contributed by atoms with van der Waals surface area (Å²) in [7, 11) is 0. The van der Waals surface area contributed by atoms with Crippen molar-refractivity contribution in [1.82, 2.24) is 4.98 Å². The van der Waals surface area contributed by atoms with Crippen LogP contribution in [-0.2, 0) is 6.42 Å². The molecule has 0 saturated carbocycles. The summed E-state index contributed by atoms with van der Waals surface area (Å²) in [5.74, 6) is 0.364. The first kappa shape index (κ1) is 13.8. The molecule has 0 aromatic carbocycles. The number of hydrogen-bond acceptors (Lipinski definition) is 4. The molecule has 0 radical (unpaired) electrons. The fraction of sp³-hybridized carbons (Fsp3) is 0.267. The second-order valence-electron chi connectivity index (χ2n) is 5.14. The van der Waals surface area contributed by atoms with Crippen LogP contribution in [0.3, 0.4) is 0 Å². The molecule has 0 fully saturated rings. The predicted octanol–water partition coefficient (Wildman–Crippen LogP) is 2.16. The van der Waals surface area contributed by atoms with E-state index in [1.54, 1.807) is 11.3 Å². The molecule has 2 aromatic rings. The average molecular weight is 299 g/mol. The Hall–Kier alpha value is -2.21. The van der Waals surface area contributed by atoms with Gasteiger partial charge < -0.3 is 11.5 Å². The quantitative estimate of drug-likeness (QED) is 0.506. The first-order valence-electron chi connectivity index (χ1n) is 6.79. The van der Waals surface area contributed by atoms with Gasteiger partial charge in [0.05, 0.1) is 11.4 Å². The minimum absolute atomic E-state index is 0.0242. The molecule has 21 heavy (non-hydrogen) atoms. The summed E-state index contributed by atoms with van der Waals surface area (Å²) in [6.45, 7) is 2.07. The zero-order chi connectivity index (χ0) is 14.8. The second-order valence-corrected chi connectivity index (χ2v) is 6.12. The highest BCUT2D eigenvalue weighted by molar-refractivity contribution is 7.10. The van der Waals surface area contributed by atoms with Crippen LogP contribution >= 0.6 is 11.3 Å². The van der Waals surface area contributed by atoms with Gasteiger partial charge in [-0.05, 0) is 36.4 Å². The molecule has 2 heterocycles. The third kappa shape index (κ3) is 2.80. The van der Waals surface area contributed by atoms with Gasteiger partial charge in [0.2, 0.25) is 5.96 Å². The average Bonchev–Trinajstić information content (AvgIpc) is 2.98. The van der Waals surface area contributed by atoms with E-state index in [1.165, 1.54) is 4.88 Å². The number of guanidine groups is 1. The Kier molecular flexibility index (Phi) is 3.70. The fourth-order valence-corrected chi connectivity index (χ4v) is 3.57. The van der Waals surface area contributed by atoms with Crippen molar-refractivity contribution in [2.75, 3.05) is 0 Å². The molecule has 1 aliphatic carbocycles. The molecular weight excluding hydrogens is 282 g/mol. The normalized spacial score (nSPS) is 19.3. The van der Waals surface area contributed by atoms with Gasteiger partial charge in [-0.25, -0.2) is 0 Å². The molecule has 2 aromatic heterocycles. The Bertz CT molecular complexity index is 699. The Morgan fingerprint density at radius 3 is 2.90 bits per heavy atom. The van der Waals surface area contributed by atoms with E-state index in [1.807, 2.05) is 12.3 Å². The molecule has 3 rings (SSSR count). The zero-order valence-electron chi connectivity index (χ0n) is 11.8. The third-order valence-corrected chi connectivity index (χ3v) is 4.67. The van der Waals surface area contributed by atoms with Crippen LogP contribution in [0.15, 0.2) is 40.0 Å². The monoisotopic (exact) mass is 299 g/mol. The van der Waals surface area contributed by atoms with Crippen LogP contribution in [0.25, 0.3) is 0 Å². The van der Waals surface area contributed by atoms with Crippen molar-refractivity contribution < 1.29 is 0 Å². The lowest BCUT2D eigenvalue weighted by molar-refractivity contribution is 0.689. The van der Waals surface area contributed by atoms with Gasteiger partial charge in [0, 0.05) is 29.0 Å². The number of nitrogens with zero attached hydrogens (tertiary/aromatic N) is 3. The molecule has 0 saturated heterocycles. The maximum Gasteiger partial charge on any atom is 0.211 e. The smallest absolute Gasteiger partial charge is 0.211 e. The van der Waals surface area contributed by atoms with E-state index in [-0.39, 0.29) is 5.96 Å². The van der Waals surface area contributed by atoms with Crippen LogP contribution in [0.5, 0.6) is 0 Å². The molecular formula is C15H17N5S. The summed E-state index contributed by atoms with van der Waals surface area (Å²) >= 11 is 1.77. The molecule has 0 amide bonds. The number of aryl methyl sites for hydroxylation is 1. The summed E-state index contributed by atoms with van der Waals surface area (Å²) in [5.41, 5.74) is 15.0. The van der Waals surface area contributed by atoms with Crippen molar-refractivity contribution in [1.29, 1.82) is 0 Å². The number of aromatic nitrogens is 1. The lowest BCUT2D eigenvalue weighted by Gasteiger charge is -2.25. The molecule has 5 nitrogen and oxygen atoms in total. The third-order valence-electron chi connectivity index (χ3n) is 3.64. The predicted molar refractivity (Wildman–Crippen MR) is 86.7 cm³/mol. The van der Waals surface area contributed by atoms with Gasteiger partial charge in [0.15, 0.2) is 0 Å². The van der Waals surface area contributed by atoms with E-state index < -0.39 is 0 Å². The van der Waals surface area contributed by atoms with Crippen molar-refractivity contribution in [2.45, 2.75) is 25.7 Å². The van der Waals surface area contributed by atoms with Gasteiger partial charge in [0.25, 0.3) is 0 Å². The first-order chi connectivity index (χ1) is 10.1. The minimum atomic E-state index is -0.0242. The Morgan fingerprint density at radius 1 is 1.33 bits per heavy atom. The fourth-order valence-electron chi connectivity index (χ4n) is 2.74. The standard InChI is InChI=1S/C15H17N5S/c1-9-4-5-18-11-7-10(13-3-2-6-21-13)8-12(14(9)11)19-20-15(16)17/h2-6,10H,7-8H2,1H3,(H4,16,17,20). The number of thiophene rings is 1. The maximum absolute atomic E-state index is 5.40. The van der Waals surface area contributed by atoms with Crippen LogP contribution in [0.1, 0.15) is 34.0 Å². The molecule has 4 N–H and O–H groups in total. The zero-order valence-corrected chi connectivity index (χ0v) is 12.6. The molecule has 6 heteroatoms. The molecule has 108 valence electrons. The molecule has 0 spiro atoms. The van der Waals surface area contributed by atoms with Crippen LogP contribution < -0.4 is 11.5 Å². The van der Waals surface area contributed by atoms with Crippen molar-refractivity contribution in [3.05, 3.63) is 51.5 Å². The van der Waals surface area contributed by atoms with Crippen LogP contribution in [0.4, 0.5) is 0 Å². The highest BCUT2D eigenvalue weighted by Gasteiger charge is 2.27. The molecule has 1 atom stereocenters. The number of hydrogen-bond donors (Lipinski definition) is 2. The number of pyridine rings is 1. The van der Waals surface area contributed by atoms with E-state index in [9.17, 15) is 0 Å². The maximum atomic E-state index is 5.40. The number of fused-ring (bicyclic) bond motifs is 1. The lowest BCUT2D eigenvalue weighted by atomic mass is 9.83. The largest absolute Gasteiger partial charge is 0.369 e. The Morgan fingerprint density at radius 2 is 2.19 bits per heavy atom. The van der Waals surface area contributed by atoms with Gasteiger partial charge in [-0.15, -0.1) is 16.4 Å². The van der Waals surface area contributed by atoms with Crippen LogP contribution in [0.2, 0.25) is 0 Å². The van der Waals surface area contributed by atoms with Crippen molar-refractivity contribution in [3.8, 4) is 0 Å². The summed E-state index contributed by atoms with van der Waals surface area (Å²) < 4.78 is 0. The summed E-state index contributed by atoms with van der Waals surface area (Å²) in [4.78, 5) is 5.88. The highest BCUT2D eigenvalue weighted by Crippen LogP contribution is 2.35. The van der Waals surface area contributed by atoms with Gasteiger partial charge in [-0.3, -0.25) is 4.98 Å². The van der Waals surface area contributed by atoms with Crippen molar-refractivity contribution in [3.63, 3.8) is 0 Å². The van der Waals surface area contributed by atoms with E-state index >= 15 is 0 Å². The van der Waals surface area contributed by atoms with Crippen LogP contribution in [-0.4, -0.2) is 16.7 Å². The van der Waals surface area contributed by atoms with Gasteiger partial charge in [-0.2, -0.15) is 5.10 Å². The van der Waals surface area contributed by atoms with E-state index in [0.717, 1.165) is 35.4 Å². The second kappa shape index (κ2) is 5.65. The first-order valence-corrected chi connectivity index (χ1v) is 7.67. The highest BCUT2D eigenvalue weighted by atomic mass is 32.1. The molecule has 0 bridgehead atoms. The topological polar surface area (TPSA) is 89.6 Å². The lowest BCUT2D eigenvalue weighted by Crippen LogP contribution is -2.24. The Labute approximate surface area is 127 Å².